The van der Waals surface area contributed by atoms with Crippen molar-refractivity contribution in [3.05, 3.63) is 28.8 Å². The number of thioether (sulfide) groups is 1. The second-order valence-electron chi connectivity index (χ2n) is 3.06. The quantitative estimate of drug-likeness (QED) is 0.618. The Kier molecular flexibility index (Phi) is 5.25. The Bertz CT molecular complexity index is 322. The lowest BCUT2D eigenvalue weighted by atomic mass is 10.1. The van der Waals surface area contributed by atoms with Crippen molar-refractivity contribution in [3.8, 4) is 5.75 Å². The molecule has 1 aromatic rings. The van der Waals surface area contributed by atoms with Gasteiger partial charge in [0.05, 0.1) is 13.2 Å². The monoisotopic (exact) mass is 246 g/mol. The smallest absolute Gasteiger partial charge is 0.123 e. The van der Waals surface area contributed by atoms with Crippen LogP contribution in [-0.2, 0) is 0 Å². The highest BCUT2D eigenvalue weighted by Crippen LogP contribution is 2.29. The molecule has 0 bridgehead atoms. The third-order valence-electron chi connectivity index (χ3n) is 2.10. The number of benzene rings is 1. The molecule has 1 unspecified atom stereocenters. The van der Waals surface area contributed by atoms with Gasteiger partial charge in [0, 0.05) is 16.3 Å². The highest BCUT2D eigenvalue weighted by atomic mass is 35.5. The molecule has 0 amide bonds. The highest BCUT2D eigenvalue weighted by Gasteiger charge is 2.14. The van der Waals surface area contributed by atoms with Crippen molar-refractivity contribution in [2.45, 2.75) is 6.04 Å². The SMILES string of the molecule is COc1ccc(Cl)cc1C(CSC)NN. The Morgan fingerprint density at radius 1 is 1.60 bits per heavy atom. The second-order valence-corrected chi connectivity index (χ2v) is 4.41. The van der Waals surface area contributed by atoms with Gasteiger partial charge in [0.1, 0.15) is 5.75 Å². The van der Waals surface area contributed by atoms with Crippen molar-refractivity contribution >= 4 is 23.4 Å². The number of nitrogens with one attached hydrogen (secondary N) is 1. The summed E-state index contributed by atoms with van der Waals surface area (Å²) in [6.07, 6.45) is 2.03. The number of hydrogen-bond donors (Lipinski definition) is 2. The summed E-state index contributed by atoms with van der Waals surface area (Å²) in [7, 11) is 1.64. The molecule has 0 aliphatic heterocycles. The number of nitrogens with two attached hydrogens (primary N) is 1. The molecule has 0 radical (unpaired) electrons. The summed E-state index contributed by atoms with van der Waals surface area (Å²) in [4.78, 5) is 0. The van der Waals surface area contributed by atoms with Crippen molar-refractivity contribution in [1.29, 1.82) is 0 Å². The van der Waals surface area contributed by atoms with Crippen LogP contribution in [0.3, 0.4) is 0 Å². The molecule has 0 spiro atoms. The van der Waals surface area contributed by atoms with Crippen LogP contribution in [0.15, 0.2) is 18.2 Å². The molecule has 15 heavy (non-hydrogen) atoms. The van der Waals surface area contributed by atoms with Gasteiger partial charge in [-0.05, 0) is 24.5 Å². The van der Waals surface area contributed by atoms with E-state index in [1.165, 1.54) is 0 Å². The number of hydrazine groups is 1. The first kappa shape index (κ1) is 12.6. The van der Waals surface area contributed by atoms with E-state index in [0.29, 0.717) is 5.02 Å². The third kappa shape index (κ3) is 3.28. The van der Waals surface area contributed by atoms with E-state index in [2.05, 4.69) is 5.43 Å². The minimum absolute atomic E-state index is 0.0497. The molecule has 0 aliphatic rings. The fraction of sp³-hybridized carbons (Fsp3) is 0.400. The minimum Gasteiger partial charge on any atom is -0.496 e. The summed E-state index contributed by atoms with van der Waals surface area (Å²) < 4.78 is 5.27. The fourth-order valence-electron chi connectivity index (χ4n) is 1.37. The van der Waals surface area contributed by atoms with Crippen LogP contribution < -0.4 is 16.0 Å². The van der Waals surface area contributed by atoms with Crippen molar-refractivity contribution in [2.24, 2.45) is 5.84 Å². The average Bonchev–Trinajstić information content (AvgIpc) is 2.26. The lowest BCUT2D eigenvalue weighted by molar-refractivity contribution is 0.403. The van der Waals surface area contributed by atoms with Crippen LogP contribution in [0.5, 0.6) is 5.75 Å². The molecule has 0 fully saturated rings. The molecule has 3 N–H and O–H groups in total. The largest absolute Gasteiger partial charge is 0.496 e. The zero-order valence-corrected chi connectivity index (χ0v) is 10.4. The Morgan fingerprint density at radius 2 is 2.33 bits per heavy atom. The van der Waals surface area contributed by atoms with Crippen LogP contribution in [0.2, 0.25) is 5.02 Å². The maximum atomic E-state index is 5.94. The molecule has 0 saturated carbocycles. The molecule has 0 saturated heterocycles. The van der Waals surface area contributed by atoms with Gasteiger partial charge in [-0.15, -0.1) is 0 Å². The second kappa shape index (κ2) is 6.23. The Morgan fingerprint density at radius 3 is 2.87 bits per heavy atom. The van der Waals surface area contributed by atoms with Crippen LogP contribution >= 0.6 is 23.4 Å². The number of rotatable bonds is 5. The maximum absolute atomic E-state index is 5.94. The number of methoxy groups -OCH3 is 1. The van der Waals surface area contributed by atoms with Gasteiger partial charge in [0.2, 0.25) is 0 Å². The normalized spacial score (nSPS) is 12.5. The van der Waals surface area contributed by atoms with E-state index < -0.39 is 0 Å². The van der Waals surface area contributed by atoms with E-state index in [4.69, 9.17) is 22.2 Å². The first-order valence-corrected chi connectivity index (χ1v) is 6.28. The van der Waals surface area contributed by atoms with Gasteiger partial charge in [-0.3, -0.25) is 11.3 Å². The van der Waals surface area contributed by atoms with E-state index in [1.54, 1.807) is 24.9 Å². The first-order valence-electron chi connectivity index (χ1n) is 4.51. The predicted molar refractivity (Wildman–Crippen MR) is 66.5 cm³/mol. The Balaban J connectivity index is 3.02. The summed E-state index contributed by atoms with van der Waals surface area (Å²) in [5.74, 6) is 7.17. The van der Waals surface area contributed by atoms with Gasteiger partial charge in [-0.25, -0.2) is 0 Å². The van der Waals surface area contributed by atoms with E-state index in [1.807, 2.05) is 18.4 Å². The molecule has 1 rings (SSSR count). The van der Waals surface area contributed by atoms with Crippen molar-refractivity contribution in [2.75, 3.05) is 19.1 Å². The molecule has 5 heteroatoms. The van der Waals surface area contributed by atoms with Crippen LogP contribution in [0.4, 0.5) is 0 Å². The standard InChI is InChI=1S/C10H15ClN2OS/c1-14-10-4-3-7(11)5-8(10)9(13-12)6-15-2/h3-5,9,13H,6,12H2,1-2H3. The molecule has 0 aromatic heterocycles. The molecule has 1 atom stereocenters. The third-order valence-corrected chi connectivity index (χ3v) is 3.00. The fourth-order valence-corrected chi connectivity index (χ4v) is 2.16. The minimum atomic E-state index is 0.0497. The van der Waals surface area contributed by atoms with Crippen molar-refractivity contribution in [1.82, 2.24) is 5.43 Å². The molecular formula is C10H15ClN2OS. The maximum Gasteiger partial charge on any atom is 0.123 e. The number of halogens is 1. The van der Waals surface area contributed by atoms with E-state index in [-0.39, 0.29) is 6.04 Å². The molecule has 0 heterocycles. The van der Waals surface area contributed by atoms with Crippen LogP contribution in [0, 0.1) is 0 Å². The molecule has 0 aliphatic carbocycles. The summed E-state index contributed by atoms with van der Waals surface area (Å²) in [5, 5.41) is 0.687. The molecule has 1 aromatic carbocycles. The topological polar surface area (TPSA) is 47.3 Å². The lowest BCUT2D eigenvalue weighted by Crippen LogP contribution is -2.30. The number of hydrogen-bond acceptors (Lipinski definition) is 4. The summed E-state index contributed by atoms with van der Waals surface area (Å²) in [6, 6.07) is 5.58. The van der Waals surface area contributed by atoms with Gasteiger partial charge in [-0.2, -0.15) is 11.8 Å². The summed E-state index contributed by atoms with van der Waals surface area (Å²) in [5.41, 5.74) is 3.75. The average molecular weight is 247 g/mol. The van der Waals surface area contributed by atoms with Gasteiger partial charge < -0.3 is 4.74 Å². The summed E-state index contributed by atoms with van der Waals surface area (Å²) in [6.45, 7) is 0. The highest BCUT2D eigenvalue weighted by molar-refractivity contribution is 7.98. The Hall–Kier alpha value is -0.420. The van der Waals surface area contributed by atoms with Crippen LogP contribution in [0.25, 0.3) is 0 Å². The van der Waals surface area contributed by atoms with Crippen molar-refractivity contribution in [3.63, 3.8) is 0 Å². The van der Waals surface area contributed by atoms with E-state index in [9.17, 15) is 0 Å². The van der Waals surface area contributed by atoms with Crippen molar-refractivity contribution < 1.29 is 4.74 Å². The molecule has 84 valence electrons. The van der Waals surface area contributed by atoms with E-state index >= 15 is 0 Å². The molecule has 3 nitrogen and oxygen atoms in total. The molecular weight excluding hydrogens is 232 g/mol. The summed E-state index contributed by atoms with van der Waals surface area (Å²) >= 11 is 7.66. The first-order chi connectivity index (χ1) is 7.22. The van der Waals surface area contributed by atoms with E-state index in [0.717, 1.165) is 17.1 Å². The zero-order valence-electron chi connectivity index (χ0n) is 8.79. The van der Waals surface area contributed by atoms with Crippen LogP contribution in [0.1, 0.15) is 11.6 Å². The lowest BCUT2D eigenvalue weighted by Gasteiger charge is -2.18. The van der Waals surface area contributed by atoms with Crippen LogP contribution in [-0.4, -0.2) is 19.1 Å². The van der Waals surface area contributed by atoms with Gasteiger partial charge in [0.15, 0.2) is 0 Å². The number of ether oxygens (including phenoxy) is 1. The van der Waals surface area contributed by atoms with Gasteiger partial charge in [-0.1, -0.05) is 11.6 Å². The van der Waals surface area contributed by atoms with Gasteiger partial charge >= 0.3 is 0 Å². The van der Waals surface area contributed by atoms with Gasteiger partial charge in [0.25, 0.3) is 0 Å². The predicted octanol–water partition coefficient (Wildman–Crippen LogP) is 2.22. The Labute approximate surface area is 99.3 Å². The zero-order chi connectivity index (χ0) is 11.3.